The number of H-pyrrole nitrogens is 1. The molecule has 25 heavy (non-hydrogen) atoms. The van der Waals surface area contributed by atoms with E-state index in [1.807, 2.05) is 24.4 Å². The molecular formula is C18H21ClN6. The topological polar surface area (TPSA) is 82.9 Å². The normalized spacial score (nSPS) is 21.6. The van der Waals surface area contributed by atoms with Crippen molar-refractivity contribution in [3.05, 3.63) is 41.7 Å². The number of nitrogens with two attached hydrogens (primary N) is 1. The molecule has 0 spiro atoms. The zero-order chi connectivity index (χ0) is 17.4. The van der Waals surface area contributed by atoms with Crippen LogP contribution in [-0.2, 0) is 0 Å². The molecule has 3 aromatic rings. The molecule has 1 aliphatic rings. The molecule has 7 heteroatoms. The van der Waals surface area contributed by atoms with Gasteiger partial charge in [-0.25, -0.2) is 9.97 Å². The quantitative estimate of drug-likeness (QED) is 0.672. The number of para-hydroxylation sites is 1. The molecule has 2 unspecified atom stereocenters. The largest absolute Gasteiger partial charge is 0.360 e. The molecule has 0 amide bonds. The molecule has 6 nitrogen and oxygen atoms in total. The Labute approximate surface area is 151 Å². The minimum atomic E-state index is 0.164. The minimum absolute atomic E-state index is 0.164. The van der Waals surface area contributed by atoms with Crippen LogP contribution in [0.1, 0.15) is 6.42 Å². The van der Waals surface area contributed by atoms with Crippen molar-refractivity contribution < 1.29 is 0 Å². The second kappa shape index (κ2) is 6.63. The van der Waals surface area contributed by atoms with Crippen LogP contribution in [0.3, 0.4) is 0 Å². The van der Waals surface area contributed by atoms with Gasteiger partial charge in [-0.15, -0.1) is 0 Å². The fourth-order valence-corrected chi connectivity index (χ4v) is 3.74. The van der Waals surface area contributed by atoms with Gasteiger partial charge < -0.3 is 20.9 Å². The van der Waals surface area contributed by atoms with Crippen molar-refractivity contribution in [1.82, 2.24) is 19.9 Å². The number of piperidine rings is 1. The number of halogens is 1. The summed E-state index contributed by atoms with van der Waals surface area (Å²) in [6.45, 7) is 1.84. The third-order valence-corrected chi connectivity index (χ3v) is 4.86. The summed E-state index contributed by atoms with van der Waals surface area (Å²) in [6.07, 6.45) is 4.49. The molecule has 2 atom stereocenters. The van der Waals surface area contributed by atoms with Crippen LogP contribution in [0.4, 0.5) is 5.95 Å². The number of aromatic amines is 1. The number of hydrogen-bond donors (Lipinski definition) is 3. The van der Waals surface area contributed by atoms with E-state index in [4.69, 9.17) is 17.3 Å². The molecule has 4 N–H and O–H groups in total. The molecule has 2 aromatic heterocycles. The first-order valence-electron chi connectivity index (χ1n) is 8.40. The molecule has 3 heterocycles. The number of nitrogens with one attached hydrogen (secondary N) is 2. The standard InChI is InChI=1S/C18H21ClN6/c1-25-9-11(20)6-12(10-25)23-18-22-8-15(19)17(24-18)14-7-21-16-5-3-2-4-13(14)16/h2-5,7-8,11-12,21H,6,9-10,20H2,1H3,(H,22,23,24). The van der Waals surface area contributed by atoms with Crippen molar-refractivity contribution in [3.63, 3.8) is 0 Å². The fourth-order valence-electron chi connectivity index (χ4n) is 3.55. The highest BCUT2D eigenvalue weighted by Gasteiger charge is 2.23. The third kappa shape index (κ3) is 3.33. The maximum Gasteiger partial charge on any atom is 0.223 e. The van der Waals surface area contributed by atoms with Gasteiger partial charge in [-0.3, -0.25) is 0 Å². The Morgan fingerprint density at radius 1 is 1.32 bits per heavy atom. The van der Waals surface area contributed by atoms with Crippen LogP contribution < -0.4 is 11.1 Å². The second-order valence-corrected chi connectivity index (χ2v) is 7.10. The van der Waals surface area contributed by atoms with Gasteiger partial charge in [0, 0.05) is 47.8 Å². The third-order valence-electron chi connectivity index (χ3n) is 4.59. The van der Waals surface area contributed by atoms with Crippen LogP contribution in [0.2, 0.25) is 5.02 Å². The minimum Gasteiger partial charge on any atom is -0.360 e. The van der Waals surface area contributed by atoms with Gasteiger partial charge in [0.05, 0.1) is 16.9 Å². The van der Waals surface area contributed by atoms with Gasteiger partial charge in [-0.1, -0.05) is 29.8 Å². The van der Waals surface area contributed by atoms with Gasteiger partial charge in [0.15, 0.2) is 0 Å². The number of hydrogen-bond acceptors (Lipinski definition) is 5. The molecule has 1 aromatic carbocycles. The molecule has 4 rings (SSSR count). The summed E-state index contributed by atoms with van der Waals surface area (Å²) in [4.78, 5) is 14.5. The first-order chi connectivity index (χ1) is 12.1. The van der Waals surface area contributed by atoms with Crippen molar-refractivity contribution in [3.8, 4) is 11.3 Å². The summed E-state index contributed by atoms with van der Waals surface area (Å²) in [5.41, 5.74) is 8.87. The number of likely N-dealkylation sites (tertiary alicyclic amines) is 1. The lowest BCUT2D eigenvalue weighted by atomic mass is 10.0. The second-order valence-electron chi connectivity index (χ2n) is 6.70. The van der Waals surface area contributed by atoms with E-state index in [0.29, 0.717) is 11.0 Å². The van der Waals surface area contributed by atoms with Gasteiger partial charge >= 0.3 is 0 Å². The number of likely N-dealkylation sites (N-methyl/N-ethyl adjacent to an activating group) is 1. The van der Waals surface area contributed by atoms with Gasteiger partial charge in [0.25, 0.3) is 0 Å². The molecule has 0 radical (unpaired) electrons. The van der Waals surface area contributed by atoms with Crippen LogP contribution in [0.25, 0.3) is 22.2 Å². The maximum absolute atomic E-state index is 6.38. The van der Waals surface area contributed by atoms with E-state index in [0.717, 1.165) is 41.7 Å². The lowest BCUT2D eigenvalue weighted by Crippen LogP contribution is -2.50. The van der Waals surface area contributed by atoms with Crippen molar-refractivity contribution in [2.45, 2.75) is 18.5 Å². The first-order valence-corrected chi connectivity index (χ1v) is 8.77. The summed E-state index contributed by atoms with van der Waals surface area (Å²) in [5, 5.41) is 5.03. The highest BCUT2D eigenvalue weighted by atomic mass is 35.5. The van der Waals surface area contributed by atoms with Crippen LogP contribution in [0, 0.1) is 0 Å². The van der Waals surface area contributed by atoms with Crippen molar-refractivity contribution in [2.75, 3.05) is 25.5 Å². The van der Waals surface area contributed by atoms with E-state index in [-0.39, 0.29) is 12.1 Å². The number of benzene rings is 1. The van der Waals surface area contributed by atoms with E-state index in [2.05, 4.69) is 38.3 Å². The molecule has 0 aliphatic carbocycles. The maximum atomic E-state index is 6.38. The number of rotatable bonds is 3. The van der Waals surface area contributed by atoms with Crippen LogP contribution in [0.5, 0.6) is 0 Å². The first kappa shape index (κ1) is 16.3. The Hall–Kier alpha value is -2.15. The molecule has 0 bridgehead atoms. The number of nitrogens with zero attached hydrogens (tertiary/aromatic N) is 3. The number of anilines is 1. The van der Waals surface area contributed by atoms with E-state index >= 15 is 0 Å². The Morgan fingerprint density at radius 2 is 2.16 bits per heavy atom. The summed E-state index contributed by atoms with van der Waals surface area (Å²) >= 11 is 6.38. The Kier molecular flexibility index (Phi) is 4.33. The molecule has 1 saturated heterocycles. The summed E-state index contributed by atoms with van der Waals surface area (Å²) in [6, 6.07) is 8.49. The van der Waals surface area contributed by atoms with Crippen molar-refractivity contribution in [1.29, 1.82) is 0 Å². The Balaban J connectivity index is 1.65. The Morgan fingerprint density at radius 3 is 3.00 bits per heavy atom. The highest BCUT2D eigenvalue weighted by molar-refractivity contribution is 6.33. The number of fused-ring (bicyclic) bond motifs is 1. The predicted octanol–water partition coefficient (Wildman–Crippen LogP) is 2.72. The molecule has 130 valence electrons. The van der Waals surface area contributed by atoms with E-state index in [1.165, 1.54) is 0 Å². The van der Waals surface area contributed by atoms with Crippen molar-refractivity contribution >= 4 is 28.5 Å². The van der Waals surface area contributed by atoms with E-state index in [9.17, 15) is 0 Å². The fraction of sp³-hybridized carbons (Fsp3) is 0.333. The summed E-state index contributed by atoms with van der Waals surface area (Å²) in [5.74, 6) is 0.581. The lowest BCUT2D eigenvalue weighted by molar-refractivity contribution is 0.236. The SMILES string of the molecule is CN1CC(N)CC(Nc2ncc(Cl)c(-c3c[nH]c4ccccc34)n2)C1. The Bertz CT molecular complexity index is 882. The molecule has 0 saturated carbocycles. The van der Waals surface area contributed by atoms with Gasteiger partial charge in [0.1, 0.15) is 0 Å². The highest BCUT2D eigenvalue weighted by Crippen LogP contribution is 2.32. The van der Waals surface area contributed by atoms with Crippen LogP contribution in [0.15, 0.2) is 36.7 Å². The molecule has 1 aliphatic heterocycles. The van der Waals surface area contributed by atoms with E-state index in [1.54, 1.807) is 6.20 Å². The molecular weight excluding hydrogens is 336 g/mol. The predicted molar refractivity (Wildman–Crippen MR) is 102 cm³/mol. The average Bonchev–Trinajstić information content (AvgIpc) is 3.00. The van der Waals surface area contributed by atoms with Gasteiger partial charge in [-0.05, 0) is 19.5 Å². The smallest absolute Gasteiger partial charge is 0.223 e. The summed E-state index contributed by atoms with van der Waals surface area (Å²) in [7, 11) is 2.08. The zero-order valence-corrected chi connectivity index (χ0v) is 14.8. The zero-order valence-electron chi connectivity index (χ0n) is 14.0. The van der Waals surface area contributed by atoms with Crippen molar-refractivity contribution in [2.24, 2.45) is 5.73 Å². The molecule has 1 fully saturated rings. The van der Waals surface area contributed by atoms with Gasteiger partial charge in [0.2, 0.25) is 5.95 Å². The van der Waals surface area contributed by atoms with E-state index < -0.39 is 0 Å². The number of aromatic nitrogens is 3. The summed E-state index contributed by atoms with van der Waals surface area (Å²) < 4.78 is 0. The van der Waals surface area contributed by atoms with Gasteiger partial charge in [-0.2, -0.15) is 0 Å². The monoisotopic (exact) mass is 356 g/mol. The average molecular weight is 357 g/mol. The van der Waals surface area contributed by atoms with Crippen LogP contribution >= 0.6 is 11.6 Å². The lowest BCUT2D eigenvalue weighted by Gasteiger charge is -2.34. The van der Waals surface area contributed by atoms with Crippen LogP contribution in [-0.4, -0.2) is 52.1 Å².